The van der Waals surface area contributed by atoms with Crippen LogP contribution < -0.4 is 5.32 Å². The zero-order valence-corrected chi connectivity index (χ0v) is 10.6. The third-order valence-corrected chi connectivity index (χ3v) is 4.60. The van der Waals surface area contributed by atoms with Gasteiger partial charge < -0.3 is 10.4 Å². The lowest BCUT2D eigenvalue weighted by Crippen LogP contribution is -2.41. The summed E-state index contributed by atoms with van der Waals surface area (Å²) in [6.07, 6.45) is 10.7. The molecular weight excluding hydrogens is 198 g/mol. The second-order valence-electron chi connectivity index (χ2n) is 5.96. The summed E-state index contributed by atoms with van der Waals surface area (Å²) < 4.78 is 0. The van der Waals surface area contributed by atoms with Gasteiger partial charge in [0.25, 0.3) is 0 Å². The van der Waals surface area contributed by atoms with Gasteiger partial charge in [-0.15, -0.1) is 0 Å². The molecule has 0 bridgehead atoms. The Bertz CT molecular complexity index is 207. The van der Waals surface area contributed by atoms with Gasteiger partial charge >= 0.3 is 0 Å². The van der Waals surface area contributed by atoms with Crippen LogP contribution in [0.2, 0.25) is 0 Å². The molecule has 4 atom stereocenters. The van der Waals surface area contributed by atoms with Crippen molar-refractivity contribution in [1.82, 2.24) is 5.32 Å². The average Bonchev–Trinajstić information content (AvgIpc) is 2.63. The van der Waals surface area contributed by atoms with Crippen molar-refractivity contribution >= 4 is 0 Å². The molecular formula is C14H27NO. The fourth-order valence-electron chi connectivity index (χ4n) is 3.43. The minimum absolute atomic E-state index is 0.376. The molecule has 0 heterocycles. The number of aliphatic hydroxyl groups excluding tert-OH is 1. The van der Waals surface area contributed by atoms with Crippen molar-refractivity contribution in [2.24, 2.45) is 11.8 Å². The van der Waals surface area contributed by atoms with Crippen molar-refractivity contribution in [2.75, 3.05) is 6.61 Å². The number of rotatable bonds is 3. The van der Waals surface area contributed by atoms with Crippen LogP contribution in [0.25, 0.3) is 0 Å². The molecule has 94 valence electrons. The Morgan fingerprint density at radius 3 is 2.62 bits per heavy atom. The summed E-state index contributed by atoms with van der Waals surface area (Å²) in [4.78, 5) is 0. The largest absolute Gasteiger partial charge is 0.396 e. The molecule has 0 radical (unpaired) electrons. The van der Waals surface area contributed by atoms with Gasteiger partial charge in [0.1, 0.15) is 0 Å². The van der Waals surface area contributed by atoms with Gasteiger partial charge in [-0.05, 0) is 43.9 Å². The van der Waals surface area contributed by atoms with Crippen LogP contribution in [0.4, 0.5) is 0 Å². The Labute approximate surface area is 99.8 Å². The normalized spacial score (nSPS) is 40.9. The van der Waals surface area contributed by atoms with E-state index in [0.717, 1.165) is 12.0 Å². The zero-order chi connectivity index (χ0) is 11.4. The van der Waals surface area contributed by atoms with Crippen molar-refractivity contribution in [3.8, 4) is 0 Å². The van der Waals surface area contributed by atoms with Gasteiger partial charge in [0, 0.05) is 18.7 Å². The number of hydrogen-bond acceptors (Lipinski definition) is 2. The lowest BCUT2D eigenvalue weighted by atomic mass is 10.0. The van der Waals surface area contributed by atoms with Crippen LogP contribution in [0.15, 0.2) is 0 Å². The SMILES string of the molecule is CC1CCCC(NC2CCCC2CO)CC1. The fraction of sp³-hybridized carbons (Fsp3) is 1.00. The van der Waals surface area contributed by atoms with E-state index in [9.17, 15) is 5.11 Å². The minimum Gasteiger partial charge on any atom is -0.396 e. The average molecular weight is 225 g/mol. The zero-order valence-electron chi connectivity index (χ0n) is 10.6. The van der Waals surface area contributed by atoms with Gasteiger partial charge in [0.05, 0.1) is 0 Å². The van der Waals surface area contributed by atoms with Crippen LogP contribution in [0, 0.1) is 11.8 Å². The van der Waals surface area contributed by atoms with E-state index in [1.807, 2.05) is 0 Å². The Kier molecular flexibility index (Phi) is 4.66. The number of nitrogens with one attached hydrogen (secondary N) is 1. The topological polar surface area (TPSA) is 32.3 Å². The molecule has 2 saturated carbocycles. The fourth-order valence-corrected chi connectivity index (χ4v) is 3.43. The summed E-state index contributed by atoms with van der Waals surface area (Å²) in [5, 5.41) is 13.1. The monoisotopic (exact) mass is 225 g/mol. The van der Waals surface area contributed by atoms with Crippen molar-refractivity contribution in [3.63, 3.8) is 0 Å². The van der Waals surface area contributed by atoms with E-state index in [-0.39, 0.29) is 0 Å². The van der Waals surface area contributed by atoms with Crippen molar-refractivity contribution in [3.05, 3.63) is 0 Å². The molecule has 0 spiro atoms. The van der Waals surface area contributed by atoms with Gasteiger partial charge in [-0.2, -0.15) is 0 Å². The summed E-state index contributed by atoms with van der Waals surface area (Å²) in [5.74, 6) is 1.45. The summed E-state index contributed by atoms with van der Waals surface area (Å²) in [6.45, 7) is 2.76. The second kappa shape index (κ2) is 6.02. The third kappa shape index (κ3) is 3.21. The minimum atomic E-state index is 0.376. The van der Waals surface area contributed by atoms with Crippen LogP contribution in [0.1, 0.15) is 58.3 Å². The van der Waals surface area contributed by atoms with E-state index in [0.29, 0.717) is 18.6 Å². The molecule has 2 N–H and O–H groups in total. The van der Waals surface area contributed by atoms with Gasteiger partial charge in [-0.3, -0.25) is 0 Å². The quantitative estimate of drug-likeness (QED) is 0.724. The number of hydrogen-bond donors (Lipinski definition) is 2. The molecule has 2 aliphatic carbocycles. The lowest BCUT2D eigenvalue weighted by molar-refractivity contribution is 0.197. The molecule has 0 aliphatic heterocycles. The van der Waals surface area contributed by atoms with Gasteiger partial charge in [0.2, 0.25) is 0 Å². The second-order valence-corrected chi connectivity index (χ2v) is 5.96. The van der Waals surface area contributed by atoms with E-state index in [1.165, 1.54) is 51.4 Å². The van der Waals surface area contributed by atoms with Crippen molar-refractivity contribution in [1.29, 1.82) is 0 Å². The van der Waals surface area contributed by atoms with Crippen molar-refractivity contribution in [2.45, 2.75) is 70.4 Å². The van der Waals surface area contributed by atoms with Crippen LogP contribution >= 0.6 is 0 Å². The van der Waals surface area contributed by atoms with Gasteiger partial charge in [0.15, 0.2) is 0 Å². The molecule has 2 rings (SSSR count). The summed E-state index contributed by atoms with van der Waals surface area (Å²) in [6, 6.07) is 1.32. The van der Waals surface area contributed by atoms with E-state index in [1.54, 1.807) is 0 Å². The van der Waals surface area contributed by atoms with Crippen molar-refractivity contribution < 1.29 is 5.11 Å². The Morgan fingerprint density at radius 2 is 1.81 bits per heavy atom. The molecule has 2 nitrogen and oxygen atoms in total. The highest BCUT2D eigenvalue weighted by Gasteiger charge is 2.28. The highest BCUT2D eigenvalue weighted by molar-refractivity contribution is 4.86. The smallest absolute Gasteiger partial charge is 0.0474 e. The Hall–Kier alpha value is -0.0800. The van der Waals surface area contributed by atoms with E-state index >= 15 is 0 Å². The molecule has 2 heteroatoms. The molecule has 4 unspecified atom stereocenters. The summed E-state index contributed by atoms with van der Waals surface area (Å²) in [7, 11) is 0. The van der Waals surface area contributed by atoms with Gasteiger partial charge in [-0.25, -0.2) is 0 Å². The maximum atomic E-state index is 9.32. The molecule has 0 amide bonds. The predicted octanol–water partition coefficient (Wildman–Crippen LogP) is 2.71. The molecule has 0 saturated heterocycles. The highest BCUT2D eigenvalue weighted by Crippen LogP contribution is 2.28. The molecule has 0 aromatic carbocycles. The van der Waals surface area contributed by atoms with E-state index < -0.39 is 0 Å². The summed E-state index contributed by atoms with van der Waals surface area (Å²) >= 11 is 0. The standard InChI is InChI=1S/C14H27NO/c1-11-4-2-6-13(9-8-11)15-14-7-3-5-12(14)10-16/h11-16H,2-10H2,1H3. The first-order valence-corrected chi connectivity index (χ1v) is 7.16. The highest BCUT2D eigenvalue weighted by atomic mass is 16.3. The molecule has 2 fully saturated rings. The molecule has 16 heavy (non-hydrogen) atoms. The first-order chi connectivity index (χ1) is 7.79. The molecule has 0 aromatic rings. The molecule has 2 aliphatic rings. The van der Waals surface area contributed by atoms with Crippen LogP contribution in [-0.2, 0) is 0 Å². The Morgan fingerprint density at radius 1 is 1.00 bits per heavy atom. The van der Waals surface area contributed by atoms with E-state index in [4.69, 9.17) is 0 Å². The molecule has 0 aromatic heterocycles. The third-order valence-electron chi connectivity index (χ3n) is 4.60. The Balaban J connectivity index is 1.79. The lowest BCUT2D eigenvalue weighted by Gasteiger charge is -2.25. The first kappa shape index (κ1) is 12.4. The van der Waals surface area contributed by atoms with Crippen LogP contribution in [-0.4, -0.2) is 23.8 Å². The maximum Gasteiger partial charge on any atom is 0.0474 e. The number of aliphatic hydroxyl groups is 1. The van der Waals surface area contributed by atoms with Gasteiger partial charge in [-0.1, -0.05) is 26.2 Å². The predicted molar refractivity (Wildman–Crippen MR) is 67.4 cm³/mol. The maximum absolute atomic E-state index is 9.32. The summed E-state index contributed by atoms with van der Waals surface area (Å²) in [5.41, 5.74) is 0. The van der Waals surface area contributed by atoms with E-state index in [2.05, 4.69) is 12.2 Å². The van der Waals surface area contributed by atoms with Crippen LogP contribution in [0.3, 0.4) is 0 Å². The first-order valence-electron chi connectivity index (χ1n) is 7.16. The van der Waals surface area contributed by atoms with Crippen LogP contribution in [0.5, 0.6) is 0 Å².